The molecule has 2 aliphatic carbocycles. The van der Waals surface area contributed by atoms with Gasteiger partial charge in [-0.25, -0.2) is 15.0 Å². The molecule has 0 atom stereocenters. The van der Waals surface area contributed by atoms with E-state index in [2.05, 4.69) is 165 Å². The van der Waals surface area contributed by atoms with E-state index in [0.717, 1.165) is 50.6 Å². The molecule has 0 saturated heterocycles. The zero-order valence-electron chi connectivity index (χ0n) is 28.8. The van der Waals surface area contributed by atoms with E-state index >= 15 is 0 Å². The Hall–Kier alpha value is -7.31. The van der Waals surface area contributed by atoms with E-state index in [1.807, 2.05) is 6.20 Å². The van der Waals surface area contributed by atoms with Crippen LogP contribution in [0.3, 0.4) is 0 Å². The fraction of sp³-hybridized carbons (Fsp3) is 0.0208. The summed E-state index contributed by atoms with van der Waals surface area (Å²) in [6.45, 7) is 0. The molecule has 6 nitrogen and oxygen atoms in total. The number of fused-ring (bicyclic) bond motifs is 20. The lowest BCUT2D eigenvalue weighted by Gasteiger charge is -2.29. The van der Waals surface area contributed by atoms with Crippen LogP contribution >= 0.6 is 0 Å². The van der Waals surface area contributed by atoms with Crippen molar-refractivity contribution in [3.8, 4) is 39.3 Å². The molecule has 0 bridgehead atoms. The van der Waals surface area contributed by atoms with Gasteiger partial charge in [0, 0.05) is 40.0 Å². The second kappa shape index (κ2) is 9.97. The summed E-state index contributed by atoms with van der Waals surface area (Å²) in [7, 11) is 0. The maximum Gasteiger partial charge on any atom is 0.183 e. The molecule has 5 heterocycles. The number of nitrogens with zero attached hydrogens (tertiary/aromatic N) is 6. The molecular weight excluding hydrogens is 661 g/mol. The van der Waals surface area contributed by atoms with Crippen LogP contribution < -0.4 is 0 Å². The number of aromatic nitrogens is 6. The molecule has 0 amide bonds. The Morgan fingerprint density at radius 1 is 0.426 bits per heavy atom. The molecule has 13 rings (SSSR count). The van der Waals surface area contributed by atoms with Crippen molar-refractivity contribution in [1.82, 2.24) is 28.3 Å². The highest BCUT2D eigenvalue weighted by Gasteiger charge is 2.53. The first kappa shape index (κ1) is 28.3. The summed E-state index contributed by atoms with van der Waals surface area (Å²) in [5, 5.41) is 2.44. The minimum absolute atomic E-state index is 0.470. The molecule has 54 heavy (non-hydrogen) atoms. The van der Waals surface area contributed by atoms with Gasteiger partial charge in [-0.2, -0.15) is 0 Å². The van der Waals surface area contributed by atoms with Gasteiger partial charge in [0.1, 0.15) is 0 Å². The van der Waals surface area contributed by atoms with Gasteiger partial charge in [-0.1, -0.05) is 121 Å². The lowest BCUT2D eigenvalue weighted by atomic mass is 9.71. The summed E-state index contributed by atoms with van der Waals surface area (Å²) >= 11 is 0. The lowest BCUT2D eigenvalue weighted by molar-refractivity contribution is 0.795. The maximum atomic E-state index is 5.22. The summed E-state index contributed by atoms with van der Waals surface area (Å²) in [6, 6.07) is 55.1. The third kappa shape index (κ3) is 3.26. The van der Waals surface area contributed by atoms with Crippen molar-refractivity contribution in [2.45, 2.75) is 5.41 Å². The van der Waals surface area contributed by atoms with Gasteiger partial charge >= 0.3 is 0 Å². The smallest absolute Gasteiger partial charge is 0.183 e. The van der Waals surface area contributed by atoms with E-state index < -0.39 is 5.41 Å². The minimum Gasteiger partial charge on any atom is -0.309 e. The number of hydrogen-bond donors (Lipinski definition) is 0. The molecule has 11 aromatic rings. The first-order chi connectivity index (χ1) is 26.8. The summed E-state index contributed by atoms with van der Waals surface area (Å²) in [6.07, 6.45) is 5.59. The van der Waals surface area contributed by atoms with Crippen molar-refractivity contribution < 1.29 is 0 Å². The Bertz CT molecular complexity index is 3350. The average molecular weight is 689 g/mol. The highest BCUT2D eigenvalue weighted by atomic mass is 15.1. The SMILES string of the molecule is c1ccc(-n2c3ccccc3c3ccc(-c4cnc5c6cc7c(n6c6nccnc6n45)-c4ccccc4C74c5ccccc5-c5ccccc54)cc32)cc1. The predicted octanol–water partition coefficient (Wildman–Crippen LogP) is 10.6. The molecule has 0 aliphatic heterocycles. The second-order valence-corrected chi connectivity index (χ2v) is 14.4. The third-order valence-corrected chi connectivity index (χ3v) is 12.0. The van der Waals surface area contributed by atoms with Crippen molar-refractivity contribution in [3.05, 3.63) is 193 Å². The number of rotatable bonds is 2. The summed E-state index contributed by atoms with van der Waals surface area (Å²) in [5.74, 6) is 0. The van der Waals surface area contributed by atoms with Crippen LogP contribution in [0.2, 0.25) is 0 Å². The Morgan fingerprint density at radius 3 is 1.80 bits per heavy atom. The summed E-state index contributed by atoms with van der Waals surface area (Å²) < 4.78 is 6.88. The van der Waals surface area contributed by atoms with Crippen molar-refractivity contribution >= 4 is 44.3 Å². The van der Waals surface area contributed by atoms with E-state index in [1.54, 1.807) is 12.4 Å². The first-order valence-corrected chi connectivity index (χ1v) is 18.4. The fourth-order valence-electron chi connectivity index (χ4n) is 10.00. The van der Waals surface area contributed by atoms with Gasteiger partial charge in [-0.15, -0.1) is 0 Å². The van der Waals surface area contributed by atoms with Crippen molar-refractivity contribution in [3.63, 3.8) is 0 Å². The van der Waals surface area contributed by atoms with Gasteiger partial charge in [0.2, 0.25) is 0 Å². The molecule has 2 aliphatic rings. The monoisotopic (exact) mass is 688 g/mol. The quantitative estimate of drug-likeness (QED) is 0.182. The van der Waals surface area contributed by atoms with Gasteiger partial charge in [-0.05, 0) is 63.7 Å². The van der Waals surface area contributed by atoms with Crippen LogP contribution in [0.4, 0.5) is 0 Å². The maximum absolute atomic E-state index is 5.22. The normalized spacial score (nSPS) is 13.7. The summed E-state index contributed by atoms with van der Waals surface area (Å²) in [4.78, 5) is 15.3. The summed E-state index contributed by atoms with van der Waals surface area (Å²) in [5.41, 5.74) is 18.5. The molecule has 0 fully saturated rings. The van der Waals surface area contributed by atoms with Crippen LogP contribution in [0.15, 0.2) is 170 Å². The third-order valence-electron chi connectivity index (χ3n) is 12.0. The van der Waals surface area contributed by atoms with Crippen LogP contribution in [0.1, 0.15) is 22.3 Å². The highest BCUT2D eigenvalue weighted by Crippen LogP contribution is 2.63. The standard InChI is InChI=1S/C48H28N6/c1-2-12-30(13-3-1)52-40-21-11-7-16-33(40)34-23-22-29(26-41(34)52)43-28-51-45-42-27-39-44(53(42)46-47(54(43)45)50-25-24-49-46)35-17-6-10-20-38(35)48(39)36-18-8-4-14-31(36)32-15-5-9-19-37(32)48/h1-28H. The average Bonchev–Trinajstić information content (AvgIpc) is 4.04. The van der Waals surface area contributed by atoms with Gasteiger partial charge in [0.25, 0.3) is 0 Å². The first-order valence-electron chi connectivity index (χ1n) is 18.4. The molecule has 5 aromatic heterocycles. The molecule has 0 N–H and O–H groups in total. The predicted molar refractivity (Wildman–Crippen MR) is 215 cm³/mol. The van der Waals surface area contributed by atoms with E-state index in [1.165, 1.54) is 55.2 Å². The van der Waals surface area contributed by atoms with E-state index in [0.29, 0.717) is 0 Å². The van der Waals surface area contributed by atoms with Crippen molar-refractivity contribution in [1.29, 1.82) is 0 Å². The number of imidazole rings is 1. The zero-order chi connectivity index (χ0) is 35.1. The van der Waals surface area contributed by atoms with Crippen LogP contribution in [-0.4, -0.2) is 28.3 Å². The number of benzene rings is 6. The molecule has 0 unspecified atom stereocenters. The molecule has 6 heteroatoms. The molecular formula is C48H28N6. The van der Waals surface area contributed by atoms with Gasteiger partial charge < -0.3 is 4.57 Å². The van der Waals surface area contributed by atoms with Gasteiger partial charge in [-0.3, -0.25) is 8.80 Å². The molecule has 0 saturated carbocycles. The van der Waals surface area contributed by atoms with E-state index in [9.17, 15) is 0 Å². The number of hydrogen-bond acceptors (Lipinski definition) is 3. The Balaban J connectivity index is 1.14. The van der Waals surface area contributed by atoms with E-state index in [-0.39, 0.29) is 0 Å². The zero-order valence-corrected chi connectivity index (χ0v) is 28.8. The highest BCUT2D eigenvalue weighted by molar-refractivity contribution is 6.10. The van der Waals surface area contributed by atoms with Crippen LogP contribution in [0.5, 0.6) is 0 Å². The Kier molecular flexibility index (Phi) is 5.22. The molecule has 6 aromatic carbocycles. The number of para-hydroxylation sites is 2. The van der Waals surface area contributed by atoms with Crippen LogP contribution in [0, 0.1) is 0 Å². The molecule has 0 radical (unpaired) electrons. The fourth-order valence-corrected chi connectivity index (χ4v) is 10.00. The van der Waals surface area contributed by atoms with Crippen molar-refractivity contribution in [2.24, 2.45) is 0 Å². The van der Waals surface area contributed by atoms with Gasteiger partial charge in [0.15, 0.2) is 16.9 Å². The lowest BCUT2D eigenvalue weighted by Crippen LogP contribution is -2.25. The second-order valence-electron chi connectivity index (χ2n) is 14.4. The Labute approximate surface area is 308 Å². The van der Waals surface area contributed by atoms with Crippen molar-refractivity contribution in [2.75, 3.05) is 0 Å². The largest absolute Gasteiger partial charge is 0.309 e. The molecule has 1 spiro atoms. The van der Waals surface area contributed by atoms with Gasteiger partial charge in [0.05, 0.1) is 39.5 Å². The van der Waals surface area contributed by atoms with Crippen LogP contribution in [0.25, 0.3) is 83.6 Å². The Morgan fingerprint density at radius 2 is 1.04 bits per heavy atom. The topological polar surface area (TPSA) is 52.4 Å². The van der Waals surface area contributed by atoms with Crippen LogP contribution in [-0.2, 0) is 5.41 Å². The molecule has 250 valence electrons. The van der Waals surface area contributed by atoms with E-state index in [4.69, 9.17) is 15.0 Å². The minimum atomic E-state index is -0.470.